The predicted molar refractivity (Wildman–Crippen MR) is 78.3 cm³/mol. The highest BCUT2D eigenvalue weighted by Crippen LogP contribution is 2.25. The van der Waals surface area contributed by atoms with Crippen LogP contribution in [-0.4, -0.2) is 58.9 Å². The number of nitrogens with two attached hydrogens (primary N) is 1. The number of hydrogen-bond acceptors (Lipinski definition) is 6. The van der Waals surface area contributed by atoms with Crippen LogP contribution in [0.25, 0.3) is 0 Å². The van der Waals surface area contributed by atoms with Crippen molar-refractivity contribution in [1.82, 2.24) is 15.1 Å². The van der Waals surface area contributed by atoms with Gasteiger partial charge in [-0.3, -0.25) is 0 Å². The van der Waals surface area contributed by atoms with Crippen molar-refractivity contribution < 1.29 is 5.21 Å². The van der Waals surface area contributed by atoms with Crippen molar-refractivity contribution in [3.63, 3.8) is 0 Å². The Kier molecular flexibility index (Phi) is 4.08. The van der Waals surface area contributed by atoms with Crippen LogP contribution in [-0.2, 0) is 0 Å². The molecule has 0 spiro atoms. The number of oxime groups is 1. The van der Waals surface area contributed by atoms with Gasteiger partial charge in [0.2, 0.25) is 0 Å². The van der Waals surface area contributed by atoms with E-state index in [1.165, 1.54) is 0 Å². The van der Waals surface area contributed by atoms with Crippen molar-refractivity contribution >= 4 is 11.7 Å². The maximum Gasteiger partial charge on any atom is 0.174 e. The average Bonchev–Trinajstić information content (AvgIpc) is 2.41. The van der Waals surface area contributed by atoms with Crippen molar-refractivity contribution in [2.45, 2.75) is 26.8 Å². The fraction of sp³-hybridized carbons (Fsp3) is 0.615. The number of rotatable bonds is 2. The fourth-order valence-corrected chi connectivity index (χ4v) is 2.61. The summed E-state index contributed by atoms with van der Waals surface area (Å²) in [5.41, 5.74) is 8.21. The summed E-state index contributed by atoms with van der Waals surface area (Å²) in [5, 5.41) is 20.6. The van der Waals surface area contributed by atoms with Gasteiger partial charge in [-0.25, -0.2) is 0 Å². The molecule has 7 heteroatoms. The van der Waals surface area contributed by atoms with E-state index in [0.717, 1.165) is 30.9 Å². The maximum absolute atomic E-state index is 9.02. The minimum absolute atomic E-state index is 0.0848. The Morgan fingerprint density at radius 3 is 2.65 bits per heavy atom. The van der Waals surface area contributed by atoms with E-state index in [1.807, 2.05) is 13.8 Å². The first-order chi connectivity index (χ1) is 9.45. The van der Waals surface area contributed by atoms with Gasteiger partial charge in [0.05, 0.1) is 11.3 Å². The van der Waals surface area contributed by atoms with Gasteiger partial charge < -0.3 is 20.7 Å². The Morgan fingerprint density at radius 1 is 1.35 bits per heavy atom. The van der Waals surface area contributed by atoms with Crippen LogP contribution in [0.15, 0.2) is 5.16 Å². The number of piperazine rings is 1. The van der Waals surface area contributed by atoms with Gasteiger partial charge in [0.15, 0.2) is 11.7 Å². The molecule has 1 aromatic heterocycles. The van der Waals surface area contributed by atoms with Crippen molar-refractivity contribution in [1.29, 1.82) is 0 Å². The average molecular weight is 278 g/mol. The molecule has 2 heterocycles. The standard InChI is InChI=1S/C13H22N6O/c1-8-7-18(4)5-6-19(8)13-11(12(14)17-20)9(2)10(3)15-16-13/h8,20H,5-7H2,1-4H3,(H2,14,17). The van der Waals surface area contributed by atoms with E-state index in [9.17, 15) is 0 Å². The summed E-state index contributed by atoms with van der Waals surface area (Å²) in [6.07, 6.45) is 0. The van der Waals surface area contributed by atoms with E-state index < -0.39 is 0 Å². The molecule has 1 aliphatic heterocycles. The first-order valence-electron chi connectivity index (χ1n) is 6.72. The summed E-state index contributed by atoms with van der Waals surface area (Å²) in [5.74, 6) is 0.783. The van der Waals surface area contributed by atoms with Crippen molar-refractivity contribution in [2.75, 3.05) is 31.6 Å². The van der Waals surface area contributed by atoms with E-state index in [1.54, 1.807) is 0 Å². The Hall–Kier alpha value is -1.89. The van der Waals surface area contributed by atoms with Crippen LogP contribution in [0.1, 0.15) is 23.7 Å². The largest absolute Gasteiger partial charge is 0.409 e. The van der Waals surface area contributed by atoms with Gasteiger partial charge in [0.1, 0.15) is 0 Å². The number of hydrogen-bond donors (Lipinski definition) is 2. The van der Waals surface area contributed by atoms with Crippen LogP contribution in [0.3, 0.4) is 0 Å². The molecule has 0 amide bonds. The van der Waals surface area contributed by atoms with E-state index in [-0.39, 0.29) is 5.84 Å². The van der Waals surface area contributed by atoms with E-state index in [4.69, 9.17) is 10.9 Å². The smallest absolute Gasteiger partial charge is 0.174 e. The minimum atomic E-state index is 0.0848. The third kappa shape index (κ3) is 2.53. The lowest BCUT2D eigenvalue weighted by atomic mass is 10.1. The number of aromatic nitrogens is 2. The molecule has 3 N–H and O–H groups in total. The quantitative estimate of drug-likeness (QED) is 0.350. The van der Waals surface area contributed by atoms with E-state index in [0.29, 0.717) is 17.4 Å². The molecular formula is C13H22N6O. The summed E-state index contributed by atoms with van der Waals surface area (Å²) < 4.78 is 0. The van der Waals surface area contributed by atoms with Gasteiger partial charge in [0, 0.05) is 25.7 Å². The molecule has 1 fully saturated rings. The van der Waals surface area contributed by atoms with Crippen LogP contribution in [0.5, 0.6) is 0 Å². The molecule has 0 bridgehead atoms. The molecule has 20 heavy (non-hydrogen) atoms. The Balaban J connectivity index is 2.49. The molecular weight excluding hydrogens is 256 g/mol. The van der Waals surface area contributed by atoms with Gasteiger partial charge >= 0.3 is 0 Å². The predicted octanol–water partition coefficient (Wildman–Crippen LogP) is 0.328. The molecule has 1 unspecified atom stereocenters. The van der Waals surface area contributed by atoms with Crippen molar-refractivity contribution in [3.8, 4) is 0 Å². The second kappa shape index (κ2) is 5.62. The zero-order chi connectivity index (χ0) is 14.9. The normalized spacial score (nSPS) is 21.3. The highest BCUT2D eigenvalue weighted by atomic mass is 16.4. The number of likely N-dealkylation sites (N-methyl/N-ethyl adjacent to an activating group) is 1. The summed E-state index contributed by atoms with van der Waals surface area (Å²) in [6, 6.07) is 0.301. The number of amidine groups is 1. The van der Waals surface area contributed by atoms with Gasteiger partial charge in [-0.15, -0.1) is 5.10 Å². The SMILES string of the molecule is Cc1nnc(N2CCN(C)CC2C)c(C(N)=NO)c1C. The van der Waals surface area contributed by atoms with E-state index in [2.05, 4.69) is 39.1 Å². The summed E-state index contributed by atoms with van der Waals surface area (Å²) in [6.45, 7) is 8.68. The fourth-order valence-electron chi connectivity index (χ4n) is 2.61. The topological polar surface area (TPSA) is 90.9 Å². The molecule has 0 aliphatic carbocycles. The molecule has 2 rings (SSSR count). The first-order valence-corrected chi connectivity index (χ1v) is 6.72. The molecule has 110 valence electrons. The Labute approximate surface area is 119 Å². The summed E-state index contributed by atoms with van der Waals surface area (Å²) >= 11 is 0. The Bertz CT molecular complexity index is 530. The molecule has 1 aliphatic rings. The molecule has 0 aromatic carbocycles. The van der Waals surface area contributed by atoms with Crippen molar-refractivity contribution in [3.05, 3.63) is 16.8 Å². The highest BCUT2D eigenvalue weighted by molar-refractivity contribution is 6.02. The summed E-state index contributed by atoms with van der Waals surface area (Å²) in [7, 11) is 2.10. The lowest BCUT2D eigenvalue weighted by Crippen LogP contribution is -2.51. The molecule has 1 saturated heterocycles. The number of aryl methyl sites for hydroxylation is 1. The lowest BCUT2D eigenvalue weighted by molar-refractivity contribution is 0.274. The van der Waals surface area contributed by atoms with Gasteiger partial charge in [-0.2, -0.15) is 5.10 Å². The number of nitrogens with zero attached hydrogens (tertiary/aromatic N) is 5. The first kappa shape index (κ1) is 14.5. The monoisotopic (exact) mass is 278 g/mol. The third-order valence-corrected chi connectivity index (χ3v) is 3.90. The highest BCUT2D eigenvalue weighted by Gasteiger charge is 2.27. The third-order valence-electron chi connectivity index (χ3n) is 3.90. The second-order valence-corrected chi connectivity index (χ2v) is 5.40. The molecule has 0 saturated carbocycles. The van der Waals surface area contributed by atoms with Crippen LogP contribution in [0.4, 0.5) is 5.82 Å². The van der Waals surface area contributed by atoms with Crippen LogP contribution in [0, 0.1) is 13.8 Å². The van der Waals surface area contributed by atoms with Crippen molar-refractivity contribution in [2.24, 2.45) is 10.9 Å². The van der Waals surface area contributed by atoms with Crippen LogP contribution >= 0.6 is 0 Å². The van der Waals surface area contributed by atoms with Crippen LogP contribution in [0.2, 0.25) is 0 Å². The van der Waals surface area contributed by atoms with Crippen LogP contribution < -0.4 is 10.6 Å². The number of anilines is 1. The van der Waals surface area contributed by atoms with Gasteiger partial charge in [0.25, 0.3) is 0 Å². The lowest BCUT2D eigenvalue weighted by Gasteiger charge is -2.39. The minimum Gasteiger partial charge on any atom is -0.409 e. The van der Waals surface area contributed by atoms with Gasteiger partial charge in [-0.05, 0) is 33.4 Å². The molecule has 1 atom stereocenters. The molecule has 1 aromatic rings. The second-order valence-electron chi connectivity index (χ2n) is 5.40. The molecule has 7 nitrogen and oxygen atoms in total. The zero-order valence-corrected chi connectivity index (χ0v) is 12.5. The summed E-state index contributed by atoms with van der Waals surface area (Å²) in [4.78, 5) is 4.45. The Morgan fingerprint density at radius 2 is 2.05 bits per heavy atom. The van der Waals surface area contributed by atoms with E-state index >= 15 is 0 Å². The zero-order valence-electron chi connectivity index (χ0n) is 12.5. The molecule has 0 radical (unpaired) electrons. The van der Waals surface area contributed by atoms with Gasteiger partial charge in [-0.1, -0.05) is 5.16 Å². The maximum atomic E-state index is 9.02.